The minimum Gasteiger partial charge on any atom is -0.496 e. The molecule has 5 atom stereocenters. The van der Waals surface area contributed by atoms with E-state index in [0.717, 1.165) is 23.6 Å². The fraction of sp³-hybridized carbons (Fsp3) is 0.487. The zero-order chi connectivity index (χ0) is 39.2. The highest BCUT2D eigenvalue weighted by atomic mass is 16.5. The first kappa shape index (κ1) is 39.6. The number of ketones is 1. The summed E-state index contributed by atoms with van der Waals surface area (Å²) in [5.74, 6) is -2.75. The molecule has 4 N–H and O–H groups in total. The number of hydrogen-bond acceptors (Lipinski definition) is 10. The van der Waals surface area contributed by atoms with Crippen molar-refractivity contribution in [3.63, 3.8) is 0 Å². The number of Topliss-reactive ketones (excluding diaryl/α,β-unsaturated/α-hetero) is 1. The number of carbonyl (C=O) groups is 6. The minimum absolute atomic E-state index is 0.0204. The van der Waals surface area contributed by atoms with Gasteiger partial charge in [0.1, 0.15) is 41.4 Å². The first-order chi connectivity index (χ1) is 25.7. The second kappa shape index (κ2) is 17.0. The molecule has 0 radical (unpaired) electrons. The van der Waals surface area contributed by atoms with E-state index in [1.54, 1.807) is 40.0 Å². The zero-order valence-electron chi connectivity index (χ0n) is 31.5. The third-order valence-corrected chi connectivity index (χ3v) is 9.49. The number of benzene rings is 2. The fourth-order valence-electron chi connectivity index (χ4n) is 6.38. The molecular formula is C39H49N7O8. The number of nitrogens with zero attached hydrogens (tertiary/aromatic N) is 3. The number of methoxy groups -OCH3 is 1. The molecule has 1 saturated carbocycles. The third-order valence-electron chi connectivity index (χ3n) is 9.49. The number of nitrogens with one attached hydrogen (secondary N) is 4. The van der Waals surface area contributed by atoms with Crippen LogP contribution in [0.1, 0.15) is 77.2 Å². The van der Waals surface area contributed by atoms with Crippen LogP contribution in [0.25, 0.3) is 10.8 Å². The molecule has 1 aliphatic heterocycles. The Labute approximate surface area is 314 Å². The summed E-state index contributed by atoms with van der Waals surface area (Å²) in [6.07, 6.45) is 5.77. The van der Waals surface area contributed by atoms with Crippen LogP contribution in [-0.4, -0.2) is 100 Å². The summed E-state index contributed by atoms with van der Waals surface area (Å²) in [5.41, 5.74) is -0.832. The minimum atomic E-state index is -1.14. The average Bonchev–Trinajstić information content (AvgIpc) is 3.87. The standard InChI is InChI=1S/C39H49N7O8/c1-7-10-27(32(47)37(51)43-23-13-14-23)44-36(50)29-19-24(54-31-16-15-30(53-6)25-11-8-9-12-26(25)31)21-46(29)38(52)33(39(3,4)5)45-34(48)22(2)42-35(49)28-20-40-17-18-41-28/h8-9,11-12,15-18,20,22-24,27,29,33H,7,10,13-14,19,21H2,1-6H3,(H,42,49)(H,43,51)(H,44,50)(H,45,48)/t22-,24+,27-,29-,33+/m0/s1. The van der Waals surface area contributed by atoms with E-state index in [1.165, 1.54) is 30.4 Å². The van der Waals surface area contributed by atoms with E-state index in [0.29, 0.717) is 17.9 Å². The van der Waals surface area contributed by atoms with Gasteiger partial charge in [0.05, 0.1) is 25.9 Å². The smallest absolute Gasteiger partial charge is 0.289 e. The van der Waals surface area contributed by atoms with Gasteiger partial charge in [-0.2, -0.15) is 0 Å². The molecule has 1 aliphatic carbocycles. The van der Waals surface area contributed by atoms with Crippen molar-refractivity contribution in [3.05, 3.63) is 60.7 Å². The lowest BCUT2D eigenvalue weighted by atomic mass is 9.85. The van der Waals surface area contributed by atoms with E-state index in [9.17, 15) is 28.8 Å². The van der Waals surface area contributed by atoms with Gasteiger partial charge in [-0.1, -0.05) is 58.4 Å². The summed E-state index contributed by atoms with van der Waals surface area (Å²) >= 11 is 0. The molecule has 15 heteroatoms. The van der Waals surface area contributed by atoms with Crippen LogP contribution in [0, 0.1) is 5.41 Å². The van der Waals surface area contributed by atoms with Crippen molar-refractivity contribution < 1.29 is 38.2 Å². The lowest BCUT2D eigenvalue weighted by molar-refractivity contribution is -0.145. The van der Waals surface area contributed by atoms with Crippen molar-refractivity contribution in [1.29, 1.82) is 0 Å². The Morgan fingerprint density at radius 1 is 0.944 bits per heavy atom. The van der Waals surface area contributed by atoms with Crippen LogP contribution in [-0.2, 0) is 24.0 Å². The molecule has 1 saturated heterocycles. The summed E-state index contributed by atoms with van der Waals surface area (Å²) in [6, 6.07) is 6.64. The van der Waals surface area contributed by atoms with Gasteiger partial charge in [0.25, 0.3) is 11.8 Å². The molecule has 0 spiro atoms. The van der Waals surface area contributed by atoms with Crippen LogP contribution < -0.4 is 30.7 Å². The summed E-state index contributed by atoms with van der Waals surface area (Å²) in [5, 5.41) is 12.4. The number of likely N-dealkylation sites (tertiary alicyclic amines) is 1. The Morgan fingerprint density at radius 3 is 2.24 bits per heavy atom. The first-order valence-electron chi connectivity index (χ1n) is 18.3. The van der Waals surface area contributed by atoms with Crippen molar-refractivity contribution in [3.8, 4) is 11.5 Å². The molecule has 2 heterocycles. The highest BCUT2D eigenvalue weighted by Crippen LogP contribution is 2.35. The summed E-state index contributed by atoms with van der Waals surface area (Å²) < 4.78 is 12.0. The number of amides is 5. The predicted molar refractivity (Wildman–Crippen MR) is 198 cm³/mol. The molecule has 288 valence electrons. The topological polar surface area (TPSA) is 198 Å². The normalized spacial score (nSPS) is 18.5. The van der Waals surface area contributed by atoms with Crippen molar-refractivity contribution in [2.75, 3.05) is 13.7 Å². The van der Waals surface area contributed by atoms with Gasteiger partial charge in [-0.25, -0.2) is 4.98 Å². The molecular weight excluding hydrogens is 694 g/mol. The van der Waals surface area contributed by atoms with E-state index < -0.39 is 71.0 Å². The molecule has 0 unspecified atom stereocenters. The largest absolute Gasteiger partial charge is 0.496 e. The zero-order valence-corrected chi connectivity index (χ0v) is 31.5. The number of aromatic nitrogens is 2. The van der Waals surface area contributed by atoms with Crippen LogP contribution in [0.4, 0.5) is 0 Å². The van der Waals surface area contributed by atoms with E-state index in [1.807, 2.05) is 31.2 Å². The van der Waals surface area contributed by atoms with Crippen molar-refractivity contribution in [2.45, 2.75) is 103 Å². The van der Waals surface area contributed by atoms with Crippen LogP contribution >= 0.6 is 0 Å². The summed E-state index contributed by atoms with van der Waals surface area (Å²) in [7, 11) is 1.58. The van der Waals surface area contributed by atoms with Gasteiger partial charge in [0.15, 0.2) is 0 Å². The van der Waals surface area contributed by atoms with Crippen LogP contribution in [0.3, 0.4) is 0 Å². The van der Waals surface area contributed by atoms with Gasteiger partial charge in [-0.15, -0.1) is 0 Å². The predicted octanol–water partition coefficient (Wildman–Crippen LogP) is 2.47. The van der Waals surface area contributed by atoms with E-state index >= 15 is 0 Å². The molecule has 1 aromatic heterocycles. The summed E-state index contributed by atoms with van der Waals surface area (Å²) in [4.78, 5) is 90.1. The SMILES string of the molecule is CCC[C@H](NC(=O)[C@@H]1C[C@@H](Oc2ccc(OC)c3ccccc23)CN1C(=O)[C@@H](NC(=O)[C@H](C)NC(=O)c1cnccn1)C(C)(C)C)C(=O)C(=O)NC1CC1. The molecule has 2 fully saturated rings. The lowest BCUT2D eigenvalue weighted by Crippen LogP contribution is -2.60. The number of rotatable bonds is 15. The van der Waals surface area contributed by atoms with E-state index in [2.05, 4.69) is 31.2 Å². The highest BCUT2D eigenvalue weighted by Gasteiger charge is 2.47. The monoisotopic (exact) mass is 743 g/mol. The molecule has 3 aromatic rings. The highest BCUT2D eigenvalue weighted by molar-refractivity contribution is 6.38. The Balaban J connectivity index is 1.40. The van der Waals surface area contributed by atoms with Gasteiger partial charge in [-0.05, 0) is 43.7 Å². The quantitative estimate of drug-likeness (QED) is 0.168. The maximum atomic E-state index is 14.6. The lowest BCUT2D eigenvalue weighted by Gasteiger charge is -2.36. The summed E-state index contributed by atoms with van der Waals surface area (Å²) in [6.45, 7) is 8.62. The second-order valence-electron chi connectivity index (χ2n) is 14.8. The maximum Gasteiger partial charge on any atom is 0.289 e. The molecule has 2 aliphatic rings. The molecule has 5 rings (SSSR count). The average molecular weight is 744 g/mol. The van der Waals surface area contributed by atoms with Crippen LogP contribution in [0.15, 0.2) is 55.0 Å². The van der Waals surface area contributed by atoms with E-state index in [-0.39, 0.29) is 31.1 Å². The van der Waals surface area contributed by atoms with Gasteiger partial charge in [0, 0.05) is 35.6 Å². The molecule has 15 nitrogen and oxygen atoms in total. The van der Waals surface area contributed by atoms with Crippen LogP contribution in [0.2, 0.25) is 0 Å². The Bertz CT molecular complexity index is 1880. The Kier molecular flexibility index (Phi) is 12.5. The fourth-order valence-corrected chi connectivity index (χ4v) is 6.38. The van der Waals surface area contributed by atoms with Gasteiger partial charge in [-0.3, -0.25) is 33.8 Å². The molecule has 0 bridgehead atoms. The van der Waals surface area contributed by atoms with Gasteiger partial charge in [0.2, 0.25) is 23.5 Å². The number of fused-ring (bicyclic) bond motifs is 1. The maximum absolute atomic E-state index is 14.6. The van der Waals surface area contributed by atoms with Gasteiger partial charge < -0.3 is 35.6 Å². The third kappa shape index (κ3) is 9.49. The number of hydrogen-bond donors (Lipinski definition) is 4. The number of carbonyl (C=O) groups excluding carboxylic acids is 6. The van der Waals surface area contributed by atoms with Crippen molar-refractivity contribution >= 4 is 46.1 Å². The van der Waals surface area contributed by atoms with Gasteiger partial charge >= 0.3 is 0 Å². The number of ether oxygens (including phenoxy) is 2. The molecule has 5 amide bonds. The Hall–Kier alpha value is -5.60. The van der Waals surface area contributed by atoms with Crippen LogP contribution in [0.5, 0.6) is 11.5 Å². The van der Waals surface area contributed by atoms with Crippen molar-refractivity contribution in [1.82, 2.24) is 36.1 Å². The Morgan fingerprint density at radius 2 is 1.63 bits per heavy atom. The second-order valence-corrected chi connectivity index (χ2v) is 14.8. The first-order valence-corrected chi connectivity index (χ1v) is 18.3. The van der Waals surface area contributed by atoms with Crippen molar-refractivity contribution in [2.24, 2.45) is 5.41 Å². The molecule has 2 aromatic carbocycles. The van der Waals surface area contributed by atoms with E-state index in [4.69, 9.17) is 9.47 Å². The molecule has 54 heavy (non-hydrogen) atoms.